The molecule has 0 amide bonds. The van der Waals surface area contributed by atoms with E-state index in [1.807, 2.05) is 0 Å². The van der Waals surface area contributed by atoms with Crippen LogP contribution in [0.2, 0.25) is 0 Å². The van der Waals surface area contributed by atoms with Gasteiger partial charge in [0, 0.05) is 6.54 Å². The van der Waals surface area contributed by atoms with E-state index in [0.717, 1.165) is 4.90 Å². The highest BCUT2D eigenvalue weighted by molar-refractivity contribution is 7.92. The van der Waals surface area contributed by atoms with Crippen molar-refractivity contribution in [1.82, 2.24) is 4.90 Å². The van der Waals surface area contributed by atoms with Gasteiger partial charge in [-0.25, -0.2) is 8.42 Å². The van der Waals surface area contributed by atoms with Crippen molar-refractivity contribution in [1.29, 1.82) is 0 Å². The van der Waals surface area contributed by atoms with E-state index in [-0.39, 0.29) is 10.5 Å². The largest absolute Gasteiger partial charge is 0.480 e. The number of carboxylic acids is 1. The van der Waals surface area contributed by atoms with Crippen LogP contribution in [-0.2, 0) is 14.6 Å². The van der Waals surface area contributed by atoms with Crippen molar-refractivity contribution >= 4 is 15.8 Å². The van der Waals surface area contributed by atoms with Gasteiger partial charge in [0.15, 0.2) is 9.84 Å². The summed E-state index contributed by atoms with van der Waals surface area (Å²) >= 11 is 0. The maximum atomic E-state index is 13.9. The normalized spacial score (nSPS) is 22.1. The summed E-state index contributed by atoms with van der Waals surface area (Å²) in [7, 11) is -3.97. The van der Waals surface area contributed by atoms with Crippen LogP contribution in [0, 0.1) is 0 Å². The minimum absolute atomic E-state index is 0.0331. The molecule has 1 aliphatic rings. The summed E-state index contributed by atoms with van der Waals surface area (Å²) in [6.07, 6.45) is -5.17. The minimum atomic E-state index is -4.76. The molecule has 0 bridgehead atoms. The third-order valence-electron chi connectivity index (χ3n) is 4.85. The van der Waals surface area contributed by atoms with Crippen molar-refractivity contribution in [2.45, 2.75) is 34.8 Å². The Balaban J connectivity index is 2.01. The van der Waals surface area contributed by atoms with E-state index in [1.165, 1.54) is 48.5 Å². The van der Waals surface area contributed by atoms with Crippen molar-refractivity contribution in [3.63, 3.8) is 0 Å². The lowest BCUT2D eigenvalue weighted by Crippen LogP contribution is -2.45. The number of carboxylic acid groups (broad SMARTS) is 1. The first-order chi connectivity index (χ1) is 13.1. The molecule has 0 spiro atoms. The summed E-state index contributed by atoms with van der Waals surface area (Å²) in [4.78, 5) is 12.4. The molecule has 1 heterocycles. The third kappa shape index (κ3) is 3.90. The number of carbonyl (C=O) groups is 1. The van der Waals surface area contributed by atoms with Gasteiger partial charge in [-0.2, -0.15) is 13.2 Å². The lowest BCUT2D eigenvalue weighted by atomic mass is 10.0. The second-order valence-corrected chi connectivity index (χ2v) is 8.85. The van der Waals surface area contributed by atoms with Crippen molar-refractivity contribution in [2.75, 3.05) is 6.54 Å². The maximum absolute atomic E-state index is 13.9. The number of hydrogen-bond acceptors (Lipinski definition) is 4. The number of benzene rings is 2. The summed E-state index contributed by atoms with van der Waals surface area (Å²) in [5.41, 5.74) is -0.126. The molecule has 1 fully saturated rings. The Morgan fingerprint density at radius 2 is 1.57 bits per heavy atom. The topological polar surface area (TPSA) is 74.7 Å². The van der Waals surface area contributed by atoms with E-state index >= 15 is 0 Å². The lowest BCUT2D eigenvalue weighted by molar-refractivity contribution is -0.191. The zero-order chi connectivity index (χ0) is 20.5. The standard InChI is InChI=1S/C19H18F3NO4S/c20-19(21,22)17(13-7-3-1-4-8-13)23-12-15(11-16(23)18(24)25)28(26,27)14-9-5-2-6-10-14/h1-10,15-17H,11-12H2,(H,24,25). The Morgan fingerprint density at radius 3 is 2.07 bits per heavy atom. The number of alkyl halides is 3. The second-order valence-electron chi connectivity index (χ2n) is 6.62. The van der Waals surface area contributed by atoms with E-state index in [4.69, 9.17) is 0 Å². The number of halogens is 3. The molecule has 0 aliphatic carbocycles. The zero-order valence-corrected chi connectivity index (χ0v) is 15.4. The Hall–Kier alpha value is -2.39. The van der Waals surface area contributed by atoms with Gasteiger partial charge in [-0.05, 0) is 24.1 Å². The maximum Gasteiger partial charge on any atom is 0.408 e. The van der Waals surface area contributed by atoms with Crippen LogP contribution in [0.5, 0.6) is 0 Å². The van der Waals surface area contributed by atoms with E-state index in [2.05, 4.69) is 0 Å². The third-order valence-corrected chi connectivity index (χ3v) is 7.00. The number of hydrogen-bond donors (Lipinski definition) is 1. The molecule has 9 heteroatoms. The quantitative estimate of drug-likeness (QED) is 0.814. The zero-order valence-electron chi connectivity index (χ0n) is 14.6. The first-order valence-corrected chi connectivity index (χ1v) is 10.1. The fourth-order valence-electron chi connectivity index (χ4n) is 3.58. The van der Waals surface area contributed by atoms with Crippen LogP contribution in [0.25, 0.3) is 0 Å². The molecule has 0 saturated carbocycles. The van der Waals surface area contributed by atoms with Crippen LogP contribution in [0.4, 0.5) is 13.2 Å². The van der Waals surface area contributed by atoms with Crippen LogP contribution < -0.4 is 0 Å². The predicted octanol–water partition coefficient (Wildman–Crippen LogP) is 3.29. The van der Waals surface area contributed by atoms with Gasteiger partial charge in [-0.1, -0.05) is 48.5 Å². The molecule has 1 N–H and O–H groups in total. The van der Waals surface area contributed by atoms with Crippen molar-refractivity contribution in [3.8, 4) is 0 Å². The van der Waals surface area contributed by atoms with Crippen molar-refractivity contribution in [3.05, 3.63) is 66.2 Å². The van der Waals surface area contributed by atoms with Crippen molar-refractivity contribution < 1.29 is 31.5 Å². The summed E-state index contributed by atoms with van der Waals surface area (Å²) in [5, 5.41) is 8.25. The molecule has 1 aliphatic heterocycles. The molecule has 2 aromatic rings. The number of rotatable bonds is 5. The summed E-state index contributed by atoms with van der Waals surface area (Å²) < 4.78 is 67.3. The van der Waals surface area contributed by atoms with Gasteiger partial charge in [0.1, 0.15) is 12.1 Å². The van der Waals surface area contributed by atoms with Crippen LogP contribution >= 0.6 is 0 Å². The fourth-order valence-corrected chi connectivity index (χ4v) is 5.31. The highest BCUT2D eigenvalue weighted by Gasteiger charge is 2.53. The number of nitrogens with zero attached hydrogens (tertiary/aromatic N) is 1. The summed E-state index contributed by atoms with van der Waals surface area (Å²) in [6.45, 7) is -0.521. The van der Waals surface area contributed by atoms with E-state index in [0.29, 0.717) is 0 Å². The van der Waals surface area contributed by atoms with Crippen LogP contribution in [-0.4, -0.2) is 48.4 Å². The SMILES string of the molecule is O=C(O)C1CC(S(=O)(=O)c2ccccc2)CN1C(c1ccccc1)C(F)(F)F. The Kier molecular flexibility index (Phi) is 5.49. The highest BCUT2D eigenvalue weighted by atomic mass is 32.2. The lowest BCUT2D eigenvalue weighted by Gasteiger charge is -2.32. The molecule has 5 nitrogen and oxygen atoms in total. The van der Waals surface area contributed by atoms with E-state index in [1.54, 1.807) is 12.1 Å². The number of sulfone groups is 1. The Labute approximate surface area is 160 Å². The average Bonchev–Trinajstić information content (AvgIpc) is 3.08. The van der Waals surface area contributed by atoms with Gasteiger partial charge >= 0.3 is 12.1 Å². The molecule has 0 aromatic heterocycles. The predicted molar refractivity (Wildman–Crippen MR) is 95.4 cm³/mol. The first-order valence-electron chi connectivity index (χ1n) is 8.51. The van der Waals surface area contributed by atoms with E-state index < -0.39 is 52.3 Å². The fraction of sp³-hybridized carbons (Fsp3) is 0.316. The van der Waals surface area contributed by atoms with Gasteiger partial charge < -0.3 is 5.11 Å². The van der Waals surface area contributed by atoms with Gasteiger partial charge in [0.25, 0.3) is 0 Å². The molecular formula is C19H18F3NO4S. The monoisotopic (exact) mass is 413 g/mol. The molecule has 2 aromatic carbocycles. The molecule has 1 saturated heterocycles. The molecule has 3 unspecified atom stereocenters. The highest BCUT2D eigenvalue weighted by Crippen LogP contribution is 2.43. The van der Waals surface area contributed by atoms with Crippen LogP contribution in [0.3, 0.4) is 0 Å². The summed E-state index contributed by atoms with van der Waals surface area (Å²) in [5.74, 6) is -1.48. The minimum Gasteiger partial charge on any atom is -0.480 e. The average molecular weight is 413 g/mol. The molecule has 0 radical (unpaired) electrons. The number of aliphatic carboxylic acids is 1. The summed E-state index contributed by atoms with van der Waals surface area (Å²) in [6, 6.07) is 10.5. The van der Waals surface area contributed by atoms with Crippen LogP contribution in [0.15, 0.2) is 65.6 Å². The van der Waals surface area contributed by atoms with E-state index in [9.17, 15) is 31.5 Å². The first kappa shape index (κ1) is 20.3. The molecule has 150 valence electrons. The molecule has 3 rings (SSSR count). The van der Waals surface area contributed by atoms with Crippen molar-refractivity contribution in [2.24, 2.45) is 0 Å². The molecule has 3 atom stereocenters. The number of likely N-dealkylation sites (tertiary alicyclic amines) is 1. The second kappa shape index (κ2) is 7.56. The smallest absolute Gasteiger partial charge is 0.408 e. The van der Waals surface area contributed by atoms with Gasteiger partial charge in [0.2, 0.25) is 0 Å². The Bertz CT molecular complexity index is 933. The molecular weight excluding hydrogens is 395 g/mol. The van der Waals surface area contributed by atoms with Gasteiger partial charge in [0.05, 0.1) is 10.1 Å². The Morgan fingerprint density at radius 1 is 1.04 bits per heavy atom. The molecule has 28 heavy (non-hydrogen) atoms. The van der Waals surface area contributed by atoms with Gasteiger partial charge in [-0.3, -0.25) is 9.69 Å². The van der Waals surface area contributed by atoms with Crippen LogP contribution in [0.1, 0.15) is 18.0 Å². The van der Waals surface area contributed by atoms with Gasteiger partial charge in [-0.15, -0.1) is 0 Å².